The fraction of sp³-hybridized carbons (Fsp3) is 0.250. The van der Waals surface area contributed by atoms with Crippen molar-refractivity contribution in [2.24, 2.45) is 0 Å². The molecule has 0 radical (unpaired) electrons. The highest BCUT2D eigenvalue weighted by Gasteiger charge is 2.21. The molecule has 26 heavy (non-hydrogen) atoms. The molecule has 0 saturated carbocycles. The molecule has 0 bridgehead atoms. The van der Waals surface area contributed by atoms with Gasteiger partial charge in [-0.25, -0.2) is 0 Å². The number of carbonyl (C=O) groups excluding carboxylic acids is 1. The van der Waals surface area contributed by atoms with Crippen LogP contribution in [0.4, 0.5) is 5.69 Å². The molecule has 1 aliphatic heterocycles. The van der Waals surface area contributed by atoms with Crippen LogP contribution in [0.15, 0.2) is 48.8 Å². The van der Waals surface area contributed by atoms with E-state index in [1.54, 1.807) is 0 Å². The summed E-state index contributed by atoms with van der Waals surface area (Å²) in [6.45, 7) is 4.02. The molecule has 1 amide bonds. The lowest BCUT2D eigenvalue weighted by molar-refractivity contribution is -0.114. The molecule has 3 aromatic rings. The van der Waals surface area contributed by atoms with E-state index < -0.39 is 0 Å². The molecule has 1 aromatic carbocycles. The topological polar surface area (TPSA) is 71.8 Å². The van der Waals surface area contributed by atoms with Crippen molar-refractivity contribution in [2.45, 2.75) is 26.4 Å². The van der Waals surface area contributed by atoms with E-state index in [1.807, 2.05) is 48.8 Å². The molecule has 0 unspecified atom stereocenters. The van der Waals surface area contributed by atoms with Crippen molar-refractivity contribution in [3.8, 4) is 11.3 Å². The van der Waals surface area contributed by atoms with Gasteiger partial charge in [-0.15, -0.1) is 0 Å². The molecule has 0 spiro atoms. The third-order valence-electron chi connectivity index (χ3n) is 4.54. The lowest BCUT2D eigenvalue weighted by atomic mass is 10.0. The number of carbonyl (C=O) groups is 1. The van der Waals surface area contributed by atoms with Gasteiger partial charge in [-0.3, -0.25) is 14.5 Å². The quantitative estimate of drug-likeness (QED) is 0.761. The standard InChI is InChI=1S/C20H21N5O/c1-14(26)23-17-4-2-3-16(11-17)20-18-12-22-10-7-19(18)25(24-20)13-15-5-8-21-9-6-15/h2-6,8-9,11,22H,7,10,12-13H2,1H3,(H,23,26). The number of rotatable bonds is 4. The number of anilines is 1. The van der Waals surface area contributed by atoms with E-state index in [1.165, 1.54) is 23.7 Å². The summed E-state index contributed by atoms with van der Waals surface area (Å²) in [5.74, 6) is -0.0749. The molecule has 1 aliphatic rings. The minimum Gasteiger partial charge on any atom is -0.326 e. The van der Waals surface area contributed by atoms with Crippen molar-refractivity contribution in [3.63, 3.8) is 0 Å². The van der Waals surface area contributed by atoms with Crippen LogP contribution in [0, 0.1) is 0 Å². The van der Waals surface area contributed by atoms with Crippen LogP contribution in [0.2, 0.25) is 0 Å². The van der Waals surface area contributed by atoms with Crippen LogP contribution in [0.25, 0.3) is 11.3 Å². The van der Waals surface area contributed by atoms with E-state index >= 15 is 0 Å². The van der Waals surface area contributed by atoms with E-state index in [-0.39, 0.29) is 5.91 Å². The zero-order valence-corrected chi connectivity index (χ0v) is 14.7. The lowest BCUT2D eigenvalue weighted by Gasteiger charge is -2.16. The van der Waals surface area contributed by atoms with Crippen molar-refractivity contribution in [2.75, 3.05) is 11.9 Å². The Bertz CT molecular complexity index is 933. The molecule has 0 aliphatic carbocycles. The minimum atomic E-state index is -0.0749. The maximum absolute atomic E-state index is 11.4. The molecular formula is C20H21N5O. The van der Waals surface area contributed by atoms with Gasteiger partial charge in [-0.2, -0.15) is 5.10 Å². The van der Waals surface area contributed by atoms with Crippen molar-refractivity contribution in [3.05, 3.63) is 65.6 Å². The molecule has 132 valence electrons. The van der Waals surface area contributed by atoms with E-state index in [0.29, 0.717) is 0 Å². The molecule has 2 aromatic heterocycles. The van der Waals surface area contributed by atoms with Crippen molar-refractivity contribution in [1.82, 2.24) is 20.1 Å². The predicted molar refractivity (Wildman–Crippen MR) is 101 cm³/mol. The average molecular weight is 347 g/mol. The first-order valence-electron chi connectivity index (χ1n) is 8.77. The molecule has 6 heteroatoms. The summed E-state index contributed by atoms with van der Waals surface area (Å²) in [5.41, 5.74) is 6.49. The van der Waals surface area contributed by atoms with Crippen LogP contribution in [0.5, 0.6) is 0 Å². The lowest BCUT2D eigenvalue weighted by Crippen LogP contribution is -2.25. The van der Waals surface area contributed by atoms with Gasteiger partial charge in [0.25, 0.3) is 0 Å². The molecule has 0 fully saturated rings. The monoisotopic (exact) mass is 347 g/mol. The maximum Gasteiger partial charge on any atom is 0.221 e. The number of benzene rings is 1. The van der Waals surface area contributed by atoms with E-state index in [9.17, 15) is 4.79 Å². The Balaban J connectivity index is 1.74. The molecule has 0 atom stereocenters. The number of pyridine rings is 1. The Morgan fingerprint density at radius 3 is 2.92 bits per heavy atom. The highest BCUT2D eigenvalue weighted by molar-refractivity contribution is 5.89. The number of aromatic nitrogens is 3. The van der Waals surface area contributed by atoms with Gasteiger partial charge in [-0.05, 0) is 29.8 Å². The first-order valence-corrected chi connectivity index (χ1v) is 8.77. The van der Waals surface area contributed by atoms with Gasteiger partial charge < -0.3 is 10.6 Å². The largest absolute Gasteiger partial charge is 0.326 e. The van der Waals surface area contributed by atoms with Crippen LogP contribution < -0.4 is 10.6 Å². The van der Waals surface area contributed by atoms with Crippen molar-refractivity contribution < 1.29 is 4.79 Å². The first kappa shape index (κ1) is 16.5. The fourth-order valence-corrected chi connectivity index (χ4v) is 3.39. The number of fused-ring (bicyclic) bond motifs is 1. The summed E-state index contributed by atoms with van der Waals surface area (Å²) in [4.78, 5) is 15.4. The second-order valence-electron chi connectivity index (χ2n) is 6.48. The third kappa shape index (κ3) is 3.36. The molecule has 0 saturated heterocycles. The number of amides is 1. The van der Waals surface area contributed by atoms with Crippen LogP contribution in [-0.2, 0) is 24.3 Å². The Morgan fingerprint density at radius 1 is 1.27 bits per heavy atom. The molecule has 4 rings (SSSR count). The molecule has 3 heterocycles. The van der Waals surface area contributed by atoms with Gasteiger partial charge in [0.15, 0.2) is 0 Å². The summed E-state index contributed by atoms with van der Waals surface area (Å²) in [7, 11) is 0. The van der Waals surface area contributed by atoms with Crippen LogP contribution >= 0.6 is 0 Å². The van der Waals surface area contributed by atoms with E-state index in [0.717, 1.165) is 43.0 Å². The zero-order chi connectivity index (χ0) is 17.9. The fourth-order valence-electron chi connectivity index (χ4n) is 3.39. The number of nitrogens with one attached hydrogen (secondary N) is 2. The first-order chi connectivity index (χ1) is 12.7. The average Bonchev–Trinajstić information content (AvgIpc) is 3.01. The normalized spacial score (nSPS) is 13.3. The summed E-state index contributed by atoms with van der Waals surface area (Å²) < 4.78 is 2.10. The summed E-state index contributed by atoms with van der Waals surface area (Å²) in [6, 6.07) is 11.9. The van der Waals surface area contributed by atoms with Crippen LogP contribution in [0.3, 0.4) is 0 Å². The third-order valence-corrected chi connectivity index (χ3v) is 4.54. The Hall–Kier alpha value is -2.99. The minimum absolute atomic E-state index is 0.0749. The Labute approximate surface area is 152 Å². The Morgan fingerprint density at radius 2 is 2.12 bits per heavy atom. The number of nitrogens with zero attached hydrogens (tertiary/aromatic N) is 3. The van der Waals surface area contributed by atoms with Gasteiger partial charge in [0, 0.05) is 61.3 Å². The highest BCUT2D eigenvalue weighted by Crippen LogP contribution is 2.29. The van der Waals surface area contributed by atoms with Crippen LogP contribution in [0.1, 0.15) is 23.7 Å². The van der Waals surface area contributed by atoms with Crippen LogP contribution in [-0.4, -0.2) is 27.2 Å². The highest BCUT2D eigenvalue weighted by atomic mass is 16.1. The second kappa shape index (κ2) is 7.09. The van der Waals surface area contributed by atoms with Gasteiger partial charge in [0.05, 0.1) is 12.2 Å². The van der Waals surface area contributed by atoms with Gasteiger partial charge in [-0.1, -0.05) is 12.1 Å². The summed E-state index contributed by atoms with van der Waals surface area (Å²) in [6.07, 6.45) is 4.58. The number of hydrogen-bond donors (Lipinski definition) is 2. The second-order valence-corrected chi connectivity index (χ2v) is 6.48. The maximum atomic E-state index is 11.4. The smallest absolute Gasteiger partial charge is 0.221 e. The summed E-state index contributed by atoms with van der Waals surface area (Å²) >= 11 is 0. The van der Waals surface area contributed by atoms with Gasteiger partial charge in [0.2, 0.25) is 5.91 Å². The SMILES string of the molecule is CC(=O)Nc1cccc(-c2nn(Cc3ccncc3)c3c2CNCC3)c1. The number of hydrogen-bond acceptors (Lipinski definition) is 4. The van der Waals surface area contributed by atoms with Crippen molar-refractivity contribution >= 4 is 11.6 Å². The molecule has 6 nitrogen and oxygen atoms in total. The summed E-state index contributed by atoms with van der Waals surface area (Å²) in [5, 5.41) is 11.2. The zero-order valence-electron chi connectivity index (χ0n) is 14.7. The molecular weight excluding hydrogens is 326 g/mol. The predicted octanol–water partition coefficient (Wildman–Crippen LogP) is 2.60. The van der Waals surface area contributed by atoms with E-state index in [4.69, 9.17) is 5.10 Å². The molecule has 2 N–H and O–H groups in total. The van der Waals surface area contributed by atoms with Gasteiger partial charge in [0.1, 0.15) is 0 Å². The van der Waals surface area contributed by atoms with E-state index in [2.05, 4.69) is 20.3 Å². The van der Waals surface area contributed by atoms with Crippen molar-refractivity contribution in [1.29, 1.82) is 0 Å². The van der Waals surface area contributed by atoms with Gasteiger partial charge >= 0.3 is 0 Å². The Kier molecular flexibility index (Phi) is 4.50.